The van der Waals surface area contributed by atoms with Gasteiger partial charge >= 0.3 is 0 Å². The van der Waals surface area contributed by atoms with Crippen molar-refractivity contribution >= 4 is 17.4 Å². The molecule has 1 amide bonds. The van der Waals surface area contributed by atoms with E-state index >= 15 is 0 Å². The van der Waals surface area contributed by atoms with Crippen LogP contribution < -0.4 is 10.6 Å². The summed E-state index contributed by atoms with van der Waals surface area (Å²) in [5.74, 6) is 0.143. The van der Waals surface area contributed by atoms with Gasteiger partial charge in [0.25, 0.3) is 5.91 Å². The molecule has 8 heteroatoms. The first-order valence-electron chi connectivity index (χ1n) is 11.3. The molecule has 1 fully saturated rings. The van der Waals surface area contributed by atoms with E-state index in [4.69, 9.17) is 0 Å². The van der Waals surface area contributed by atoms with Crippen LogP contribution in [0.4, 0.5) is 15.9 Å². The minimum Gasteiger partial charge on any atom is -0.351 e. The number of likely N-dealkylation sites (N-methyl/N-ethyl adjacent to an activating group) is 1. The first-order valence-corrected chi connectivity index (χ1v) is 11.3. The Bertz CT molecular complexity index is 1080. The van der Waals surface area contributed by atoms with Crippen molar-refractivity contribution in [2.24, 2.45) is 0 Å². The summed E-state index contributed by atoms with van der Waals surface area (Å²) >= 11 is 0. The molecule has 0 unspecified atom stereocenters. The number of amides is 1. The van der Waals surface area contributed by atoms with E-state index in [1.54, 1.807) is 30.3 Å². The molecule has 1 saturated heterocycles. The van der Waals surface area contributed by atoms with Gasteiger partial charge in [-0.25, -0.2) is 14.4 Å². The molecule has 2 heterocycles. The van der Waals surface area contributed by atoms with Gasteiger partial charge in [-0.1, -0.05) is 25.1 Å². The highest BCUT2D eigenvalue weighted by Crippen LogP contribution is 2.22. The number of anilines is 2. The van der Waals surface area contributed by atoms with Crippen LogP contribution in [0.15, 0.2) is 60.9 Å². The Balaban J connectivity index is 1.33. The van der Waals surface area contributed by atoms with E-state index in [1.165, 1.54) is 18.5 Å². The topological polar surface area (TPSA) is 73.4 Å². The van der Waals surface area contributed by atoms with Gasteiger partial charge in [0, 0.05) is 62.1 Å². The third kappa shape index (κ3) is 6.34. The number of carbonyl (C=O) groups is 1. The molecule has 0 aliphatic carbocycles. The lowest BCUT2D eigenvalue weighted by atomic mass is 10.1. The second-order valence-electron chi connectivity index (χ2n) is 8.04. The van der Waals surface area contributed by atoms with Gasteiger partial charge in [0.2, 0.25) is 0 Å². The van der Waals surface area contributed by atoms with Crippen molar-refractivity contribution in [3.05, 3.63) is 72.3 Å². The molecule has 1 aliphatic rings. The molecule has 2 aromatic carbocycles. The summed E-state index contributed by atoms with van der Waals surface area (Å²) in [5, 5.41) is 6.22. The summed E-state index contributed by atoms with van der Waals surface area (Å²) in [6, 6.07) is 15.3. The number of nitrogens with zero attached hydrogens (tertiary/aromatic N) is 4. The predicted molar refractivity (Wildman–Crippen MR) is 128 cm³/mol. The maximum Gasteiger partial charge on any atom is 0.251 e. The lowest BCUT2D eigenvalue weighted by molar-refractivity contribution is 0.0938. The molecular formula is C25H29FN6O. The normalized spacial score (nSPS) is 14.7. The minimum absolute atomic E-state index is 0.103. The van der Waals surface area contributed by atoms with Crippen molar-refractivity contribution < 1.29 is 9.18 Å². The van der Waals surface area contributed by atoms with Crippen LogP contribution >= 0.6 is 0 Å². The molecular weight excluding hydrogens is 419 g/mol. The Kier molecular flexibility index (Phi) is 7.59. The highest BCUT2D eigenvalue weighted by Gasteiger charge is 2.15. The van der Waals surface area contributed by atoms with Gasteiger partial charge in [-0.15, -0.1) is 0 Å². The molecule has 7 nitrogen and oxygen atoms in total. The van der Waals surface area contributed by atoms with E-state index in [-0.39, 0.29) is 11.7 Å². The number of halogens is 1. The molecule has 2 N–H and O–H groups in total. The molecule has 0 saturated carbocycles. The molecule has 0 atom stereocenters. The lowest BCUT2D eigenvalue weighted by Crippen LogP contribution is -2.48. The molecule has 3 aromatic rings. The van der Waals surface area contributed by atoms with Gasteiger partial charge in [0.1, 0.15) is 18.0 Å². The molecule has 0 bridgehead atoms. The number of aromatic nitrogens is 2. The number of benzene rings is 2. The van der Waals surface area contributed by atoms with Crippen LogP contribution in [0.25, 0.3) is 11.3 Å². The number of rotatable bonds is 8. The van der Waals surface area contributed by atoms with Gasteiger partial charge in [0.05, 0.1) is 5.69 Å². The molecule has 4 rings (SSSR count). The van der Waals surface area contributed by atoms with E-state index in [0.717, 1.165) is 45.0 Å². The summed E-state index contributed by atoms with van der Waals surface area (Å²) in [6.45, 7) is 9.00. The van der Waals surface area contributed by atoms with Crippen molar-refractivity contribution in [3.8, 4) is 11.3 Å². The zero-order chi connectivity index (χ0) is 23.0. The number of hydrogen-bond acceptors (Lipinski definition) is 6. The van der Waals surface area contributed by atoms with E-state index in [0.29, 0.717) is 29.2 Å². The number of hydrogen-bond donors (Lipinski definition) is 2. The van der Waals surface area contributed by atoms with Crippen LogP contribution in [-0.2, 0) is 0 Å². The van der Waals surface area contributed by atoms with Gasteiger partial charge < -0.3 is 15.5 Å². The Labute approximate surface area is 193 Å². The second kappa shape index (κ2) is 11.0. The minimum atomic E-state index is -0.317. The third-order valence-electron chi connectivity index (χ3n) is 5.81. The molecule has 172 valence electrons. The smallest absolute Gasteiger partial charge is 0.251 e. The highest BCUT2D eigenvalue weighted by atomic mass is 19.1. The second-order valence-corrected chi connectivity index (χ2v) is 8.04. The fraction of sp³-hybridized carbons (Fsp3) is 0.320. The monoisotopic (exact) mass is 448 g/mol. The van der Waals surface area contributed by atoms with Gasteiger partial charge in [0.15, 0.2) is 0 Å². The SMILES string of the molecule is CCN1CCN(CCNC(=O)c2cccc(Nc3cc(-c4cccc(F)c4)ncn3)c2)CC1. The van der Waals surface area contributed by atoms with Crippen LogP contribution in [0, 0.1) is 5.82 Å². The summed E-state index contributed by atoms with van der Waals surface area (Å²) in [5.41, 5.74) is 2.60. The van der Waals surface area contributed by atoms with Crippen LogP contribution in [0.1, 0.15) is 17.3 Å². The first-order chi connectivity index (χ1) is 16.1. The lowest BCUT2D eigenvalue weighted by Gasteiger charge is -2.33. The van der Waals surface area contributed by atoms with Crippen molar-refractivity contribution in [2.45, 2.75) is 6.92 Å². The summed E-state index contributed by atoms with van der Waals surface area (Å²) in [6.07, 6.45) is 1.43. The van der Waals surface area contributed by atoms with E-state index in [1.807, 2.05) is 12.1 Å². The van der Waals surface area contributed by atoms with Crippen molar-refractivity contribution in [1.29, 1.82) is 0 Å². The van der Waals surface area contributed by atoms with E-state index in [2.05, 4.69) is 37.3 Å². The maximum absolute atomic E-state index is 13.5. The maximum atomic E-state index is 13.5. The van der Waals surface area contributed by atoms with Gasteiger partial charge in [-0.05, 0) is 36.9 Å². The number of carbonyl (C=O) groups excluding carboxylic acids is 1. The third-order valence-corrected chi connectivity index (χ3v) is 5.81. The number of nitrogens with one attached hydrogen (secondary N) is 2. The average molecular weight is 449 g/mol. The molecule has 0 spiro atoms. The standard InChI is InChI=1S/C25H29FN6O/c1-2-31-11-13-32(14-12-31)10-9-27-25(33)20-6-4-8-22(16-20)30-24-17-23(28-18-29-24)19-5-3-7-21(26)15-19/h3-8,15-18H,2,9-14H2,1H3,(H,27,33)(H,28,29,30). The van der Waals surface area contributed by atoms with Gasteiger partial charge in [-0.2, -0.15) is 0 Å². The first kappa shape index (κ1) is 22.8. The van der Waals surface area contributed by atoms with Crippen LogP contribution in [0.3, 0.4) is 0 Å². The summed E-state index contributed by atoms with van der Waals surface area (Å²) in [4.78, 5) is 25.9. The number of piperazine rings is 1. The average Bonchev–Trinajstić information content (AvgIpc) is 2.85. The van der Waals surface area contributed by atoms with Crippen molar-refractivity contribution in [3.63, 3.8) is 0 Å². The predicted octanol–water partition coefficient (Wildman–Crippen LogP) is 3.39. The van der Waals surface area contributed by atoms with Crippen molar-refractivity contribution in [1.82, 2.24) is 25.1 Å². The van der Waals surface area contributed by atoms with Gasteiger partial charge in [-0.3, -0.25) is 9.69 Å². The molecule has 1 aromatic heterocycles. The quantitative estimate of drug-likeness (QED) is 0.550. The molecule has 33 heavy (non-hydrogen) atoms. The Morgan fingerprint density at radius 3 is 2.58 bits per heavy atom. The zero-order valence-corrected chi connectivity index (χ0v) is 18.8. The summed E-state index contributed by atoms with van der Waals surface area (Å²) in [7, 11) is 0. The largest absolute Gasteiger partial charge is 0.351 e. The van der Waals surface area contributed by atoms with E-state index < -0.39 is 0 Å². The fourth-order valence-electron chi connectivity index (χ4n) is 3.88. The van der Waals surface area contributed by atoms with Crippen LogP contribution in [0.2, 0.25) is 0 Å². The summed E-state index contributed by atoms with van der Waals surface area (Å²) < 4.78 is 13.5. The Hall–Kier alpha value is -3.36. The van der Waals surface area contributed by atoms with Crippen LogP contribution in [-0.4, -0.2) is 71.5 Å². The fourth-order valence-corrected chi connectivity index (χ4v) is 3.88. The van der Waals surface area contributed by atoms with Crippen LogP contribution in [0.5, 0.6) is 0 Å². The van der Waals surface area contributed by atoms with Crippen molar-refractivity contribution in [2.75, 3.05) is 51.1 Å². The Morgan fingerprint density at radius 2 is 1.79 bits per heavy atom. The highest BCUT2D eigenvalue weighted by molar-refractivity contribution is 5.95. The van der Waals surface area contributed by atoms with E-state index in [9.17, 15) is 9.18 Å². The molecule has 1 aliphatic heterocycles. The molecule has 0 radical (unpaired) electrons. The Morgan fingerprint density at radius 1 is 1.00 bits per heavy atom. The zero-order valence-electron chi connectivity index (χ0n) is 18.8.